The van der Waals surface area contributed by atoms with E-state index >= 15 is 0 Å². The normalized spacial score (nSPS) is 24.9. The summed E-state index contributed by atoms with van der Waals surface area (Å²) in [4.78, 5) is 0.828. The number of halogens is 1. The van der Waals surface area contributed by atoms with Gasteiger partial charge >= 0.3 is 0 Å². The van der Waals surface area contributed by atoms with Crippen molar-refractivity contribution in [1.82, 2.24) is 14.5 Å². The molecule has 1 heterocycles. The van der Waals surface area contributed by atoms with Gasteiger partial charge in [0.25, 0.3) is 0 Å². The van der Waals surface area contributed by atoms with Gasteiger partial charge in [-0.15, -0.1) is 0 Å². The molecule has 0 unspecified atom stereocenters. The zero-order chi connectivity index (χ0) is 12.6. The lowest BCUT2D eigenvalue weighted by atomic mass is 9.85. The summed E-state index contributed by atoms with van der Waals surface area (Å²) in [5.74, 6) is 0.464. The highest BCUT2D eigenvalue weighted by Gasteiger charge is 2.32. The van der Waals surface area contributed by atoms with Gasteiger partial charge in [-0.25, -0.2) is 12.7 Å². The maximum atomic E-state index is 12.2. The number of aromatic nitrogens is 2. The third-order valence-electron chi connectivity index (χ3n) is 3.17. The Labute approximate surface area is 110 Å². The quantitative estimate of drug-likeness (QED) is 0.855. The topological polar surface area (TPSA) is 66.1 Å². The number of H-pyrrole nitrogens is 1. The van der Waals surface area contributed by atoms with Crippen LogP contribution in [0.4, 0.5) is 0 Å². The minimum atomic E-state index is -3.39. The average molecular weight is 322 g/mol. The van der Waals surface area contributed by atoms with Crippen molar-refractivity contribution in [2.45, 2.75) is 29.5 Å². The molecule has 0 spiro atoms. The first-order valence-corrected chi connectivity index (χ1v) is 7.87. The van der Waals surface area contributed by atoms with Crippen molar-refractivity contribution in [1.29, 1.82) is 0 Å². The summed E-state index contributed by atoms with van der Waals surface area (Å²) in [6, 6.07) is 0. The molecule has 0 atom stereocenters. The summed E-state index contributed by atoms with van der Waals surface area (Å²) in [6.45, 7) is 2.29. The van der Waals surface area contributed by atoms with Crippen LogP contribution in [0.25, 0.3) is 0 Å². The van der Waals surface area contributed by atoms with Gasteiger partial charge in [-0.05, 0) is 25.7 Å². The summed E-state index contributed by atoms with van der Waals surface area (Å²) < 4.78 is 25.9. The molecule has 0 bridgehead atoms. The van der Waals surface area contributed by atoms with E-state index in [-0.39, 0.29) is 4.90 Å². The van der Waals surface area contributed by atoms with E-state index in [1.807, 2.05) is 0 Å². The van der Waals surface area contributed by atoms with E-state index in [0.717, 1.165) is 12.8 Å². The third-order valence-corrected chi connectivity index (χ3v) is 5.85. The molecule has 1 aromatic rings. The van der Waals surface area contributed by atoms with Crippen molar-refractivity contribution in [3.05, 3.63) is 11.9 Å². The molecule has 1 saturated carbocycles. The molecule has 2 rings (SSSR count). The lowest BCUT2D eigenvalue weighted by molar-refractivity contribution is 0.275. The maximum absolute atomic E-state index is 12.2. The van der Waals surface area contributed by atoms with Gasteiger partial charge in [0.15, 0.2) is 0 Å². The number of aryl methyl sites for hydroxylation is 1. The zero-order valence-electron chi connectivity index (χ0n) is 9.85. The first-order chi connectivity index (χ1) is 7.91. The zero-order valence-corrected chi connectivity index (χ0v) is 12.3. The van der Waals surface area contributed by atoms with Gasteiger partial charge in [0, 0.05) is 18.4 Å². The van der Waals surface area contributed by atoms with E-state index in [0.29, 0.717) is 23.0 Å². The number of rotatable bonds is 4. The molecule has 17 heavy (non-hydrogen) atoms. The molecule has 1 aliphatic rings. The fourth-order valence-electron chi connectivity index (χ4n) is 2.03. The second kappa shape index (κ2) is 4.70. The number of nitrogens with one attached hydrogen (secondary N) is 1. The van der Waals surface area contributed by atoms with Crippen molar-refractivity contribution in [3.8, 4) is 0 Å². The minimum absolute atomic E-state index is 0.273. The SMILES string of the molecule is Cc1[nH]ncc1S(=O)(=O)N(C)CC1CC(Br)C1. The Kier molecular flexibility index (Phi) is 3.61. The summed E-state index contributed by atoms with van der Waals surface area (Å²) in [5, 5.41) is 6.41. The first-order valence-electron chi connectivity index (χ1n) is 5.51. The van der Waals surface area contributed by atoms with Crippen LogP contribution in [0.1, 0.15) is 18.5 Å². The number of hydrogen-bond acceptors (Lipinski definition) is 3. The van der Waals surface area contributed by atoms with E-state index in [9.17, 15) is 8.42 Å². The van der Waals surface area contributed by atoms with E-state index < -0.39 is 10.0 Å². The predicted molar refractivity (Wildman–Crippen MR) is 68.6 cm³/mol. The summed E-state index contributed by atoms with van der Waals surface area (Å²) in [5.41, 5.74) is 0.587. The van der Waals surface area contributed by atoms with Crippen molar-refractivity contribution < 1.29 is 8.42 Å². The molecule has 1 aliphatic carbocycles. The summed E-state index contributed by atoms with van der Waals surface area (Å²) in [6.07, 6.45) is 3.46. The van der Waals surface area contributed by atoms with E-state index in [4.69, 9.17) is 0 Å². The molecule has 0 radical (unpaired) electrons. The smallest absolute Gasteiger partial charge is 0.246 e. The Bertz CT molecular complexity index is 493. The number of hydrogen-bond donors (Lipinski definition) is 1. The van der Waals surface area contributed by atoms with Crippen LogP contribution in [-0.2, 0) is 10.0 Å². The third kappa shape index (κ3) is 2.56. The molecule has 7 heteroatoms. The van der Waals surface area contributed by atoms with E-state index in [1.165, 1.54) is 10.5 Å². The lowest BCUT2D eigenvalue weighted by Gasteiger charge is -2.33. The molecule has 1 aromatic heterocycles. The molecule has 0 aliphatic heterocycles. The van der Waals surface area contributed by atoms with Crippen LogP contribution in [0.5, 0.6) is 0 Å². The predicted octanol–water partition coefficient (Wildman–Crippen LogP) is 1.51. The highest BCUT2D eigenvalue weighted by Crippen LogP contribution is 2.34. The van der Waals surface area contributed by atoms with Crippen molar-refractivity contribution in [3.63, 3.8) is 0 Å². The first kappa shape index (κ1) is 13.0. The van der Waals surface area contributed by atoms with Crippen LogP contribution < -0.4 is 0 Å². The van der Waals surface area contributed by atoms with Crippen molar-refractivity contribution in [2.24, 2.45) is 5.92 Å². The molecule has 1 N–H and O–H groups in total. The molecular formula is C10H16BrN3O2S. The lowest BCUT2D eigenvalue weighted by Crippen LogP contribution is -2.37. The van der Waals surface area contributed by atoms with E-state index in [2.05, 4.69) is 26.1 Å². The Balaban J connectivity index is 2.08. The second-order valence-corrected chi connectivity index (χ2v) is 7.89. The van der Waals surface area contributed by atoms with Crippen molar-refractivity contribution >= 4 is 26.0 Å². The van der Waals surface area contributed by atoms with Gasteiger partial charge in [0.1, 0.15) is 4.90 Å². The molecule has 1 fully saturated rings. The molecule has 0 aromatic carbocycles. The Morgan fingerprint density at radius 2 is 2.24 bits per heavy atom. The van der Waals surface area contributed by atoms with Crippen LogP contribution in [0.2, 0.25) is 0 Å². The summed E-state index contributed by atoms with van der Waals surface area (Å²) >= 11 is 3.51. The maximum Gasteiger partial charge on any atom is 0.246 e. The Hall–Kier alpha value is -0.400. The van der Waals surface area contributed by atoms with E-state index in [1.54, 1.807) is 14.0 Å². The van der Waals surface area contributed by atoms with Crippen LogP contribution in [0.15, 0.2) is 11.1 Å². The van der Waals surface area contributed by atoms with Crippen LogP contribution in [-0.4, -0.2) is 41.3 Å². The van der Waals surface area contributed by atoms with Crippen LogP contribution >= 0.6 is 15.9 Å². The average Bonchev–Trinajstić information content (AvgIpc) is 2.62. The number of alkyl halides is 1. The molecule has 5 nitrogen and oxygen atoms in total. The molecule has 0 saturated heterocycles. The monoisotopic (exact) mass is 321 g/mol. The van der Waals surface area contributed by atoms with Gasteiger partial charge in [-0.1, -0.05) is 15.9 Å². The van der Waals surface area contributed by atoms with Gasteiger partial charge in [0.05, 0.1) is 11.9 Å². The fraction of sp³-hybridized carbons (Fsp3) is 0.700. The number of nitrogens with zero attached hydrogens (tertiary/aromatic N) is 2. The minimum Gasteiger partial charge on any atom is -0.281 e. The van der Waals surface area contributed by atoms with Gasteiger partial charge in [-0.3, -0.25) is 5.10 Å². The van der Waals surface area contributed by atoms with Crippen LogP contribution in [0, 0.1) is 12.8 Å². The van der Waals surface area contributed by atoms with Gasteiger partial charge in [-0.2, -0.15) is 5.10 Å². The number of sulfonamides is 1. The summed E-state index contributed by atoms with van der Waals surface area (Å²) in [7, 11) is -1.76. The molecule has 0 amide bonds. The molecule has 96 valence electrons. The Morgan fingerprint density at radius 3 is 2.71 bits per heavy atom. The number of aromatic amines is 1. The highest BCUT2D eigenvalue weighted by molar-refractivity contribution is 9.09. The van der Waals surface area contributed by atoms with Crippen LogP contribution in [0.3, 0.4) is 0 Å². The van der Waals surface area contributed by atoms with Gasteiger partial charge in [0.2, 0.25) is 10.0 Å². The highest BCUT2D eigenvalue weighted by atomic mass is 79.9. The van der Waals surface area contributed by atoms with Crippen molar-refractivity contribution in [2.75, 3.05) is 13.6 Å². The van der Waals surface area contributed by atoms with Gasteiger partial charge < -0.3 is 0 Å². The second-order valence-electron chi connectivity index (χ2n) is 4.58. The fourth-order valence-corrected chi connectivity index (χ4v) is 4.45. The standard InChI is InChI=1S/C10H16BrN3O2S/c1-7-10(5-12-13-7)17(15,16)14(2)6-8-3-9(11)4-8/h5,8-9H,3-4,6H2,1-2H3,(H,12,13). The molecular weight excluding hydrogens is 306 g/mol. The largest absolute Gasteiger partial charge is 0.281 e. The Morgan fingerprint density at radius 1 is 1.59 bits per heavy atom.